The van der Waals surface area contributed by atoms with Crippen LogP contribution in [0.3, 0.4) is 0 Å². The van der Waals surface area contributed by atoms with Crippen LogP contribution in [0.5, 0.6) is 0 Å². The average Bonchev–Trinajstić information content (AvgIpc) is 2.11. The number of hydrogen-bond acceptors (Lipinski definition) is 2. The third-order valence-corrected chi connectivity index (χ3v) is 2.95. The number of nitrogens with zero attached hydrogens (tertiary/aromatic N) is 1. The van der Waals surface area contributed by atoms with E-state index in [0.717, 1.165) is 19.5 Å². The molecular formula is C11H19NO. The first-order valence-electron chi connectivity index (χ1n) is 5.08. The molecule has 0 saturated carbocycles. The number of aliphatic hydroxyl groups excluding tert-OH is 1. The molecule has 1 rings (SSSR count). The first-order chi connectivity index (χ1) is 6.29. The van der Waals surface area contributed by atoms with E-state index in [1.807, 2.05) is 0 Å². The second-order valence-corrected chi connectivity index (χ2v) is 3.87. The Kier molecular flexibility index (Phi) is 4.27. The molecule has 0 bridgehead atoms. The molecule has 2 atom stereocenters. The maximum absolute atomic E-state index is 8.94. The highest BCUT2D eigenvalue weighted by molar-refractivity contribution is 4.93. The fourth-order valence-corrected chi connectivity index (χ4v) is 2.25. The lowest BCUT2D eigenvalue weighted by Crippen LogP contribution is -2.44. The first kappa shape index (κ1) is 10.6. The molecule has 1 N–H and O–H groups in total. The topological polar surface area (TPSA) is 23.5 Å². The highest BCUT2D eigenvalue weighted by Gasteiger charge is 2.26. The molecule has 0 aliphatic carbocycles. The molecular weight excluding hydrogens is 162 g/mol. The van der Waals surface area contributed by atoms with Crippen LogP contribution in [0, 0.1) is 18.3 Å². The van der Waals surface area contributed by atoms with Crippen molar-refractivity contribution in [3.63, 3.8) is 0 Å². The van der Waals surface area contributed by atoms with Gasteiger partial charge in [-0.1, -0.05) is 12.8 Å². The predicted octanol–water partition coefficient (Wildman–Crippen LogP) is 1.10. The van der Waals surface area contributed by atoms with Crippen LogP contribution in [0.4, 0.5) is 0 Å². The minimum absolute atomic E-state index is 0.274. The molecule has 74 valence electrons. The van der Waals surface area contributed by atoms with E-state index in [9.17, 15) is 0 Å². The van der Waals surface area contributed by atoms with Gasteiger partial charge in [0, 0.05) is 12.6 Å². The van der Waals surface area contributed by atoms with Crippen molar-refractivity contribution in [2.75, 3.05) is 19.7 Å². The molecule has 0 aromatic carbocycles. The van der Waals surface area contributed by atoms with Crippen LogP contribution in [-0.4, -0.2) is 35.7 Å². The van der Waals surface area contributed by atoms with Crippen molar-refractivity contribution < 1.29 is 5.11 Å². The summed E-state index contributed by atoms with van der Waals surface area (Å²) in [4.78, 5) is 2.32. The third-order valence-electron chi connectivity index (χ3n) is 2.95. The lowest BCUT2D eigenvalue weighted by molar-refractivity contribution is 0.0911. The fraction of sp³-hybridized carbons (Fsp3) is 0.818. The van der Waals surface area contributed by atoms with Gasteiger partial charge in [0.15, 0.2) is 0 Å². The van der Waals surface area contributed by atoms with Crippen LogP contribution in [-0.2, 0) is 0 Å². The minimum Gasteiger partial charge on any atom is -0.396 e. The lowest BCUT2D eigenvalue weighted by atomic mass is 9.89. The summed E-state index contributed by atoms with van der Waals surface area (Å²) in [6.45, 7) is 4.35. The molecule has 0 aromatic heterocycles. The van der Waals surface area contributed by atoms with Gasteiger partial charge in [0.25, 0.3) is 0 Å². The Hall–Kier alpha value is -0.520. The van der Waals surface area contributed by atoms with Gasteiger partial charge in [-0.25, -0.2) is 0 Å². The SMILES string of the molecule is C#CCN1CCCC(C)C1CCO. The smallest absolute Gasteiger partial charge is 0.0601 e. The zero-order valence-electron chi connectivity index (χ0n) is 8.37. The Morgan fingerprint density at radius 1 is 1.62 bits per heavy atom. The van der Waals surface area contributed by atoms with Gasteiger partial charge < -0.3 is 5.11 Å². The van der Waals surface area contributed by atoms with E-state index in [-0.39, 0.29) is 6.61 Å². The molecule has 0 spiro atoms. The van der Waals surface area contributed by atoms with Gasteiger partial charge in [-0.05, 0) is 31.7 Å². The predicted molar refractivity (Wildman–Crippen MR) is 54.3 cm³/mol. The number of hydrogen-bond donors (Lipinski definition) is 1. The molecule has 2 unspecified atom stereocenters. The summed E-state index contributed by atoms with van der Waals surface area (Å²) in [6, 6.07) is 0.495. The van der Waals surface area contributed by atoms with Gasteiger partial charge in [-0.3, -0.25) is 4.90 Å². The zero-order valence-corrected chi connectivity index (χ0v) is 8.37. The summed E-state index contributed by atoms with van der Waals surface area (Å²) in [6.07, 6.45) is 8.68. The second-order valence-electron chi connectivity index (χ2n) is 3.87. The number of terminal acetylenes is 1. The van der Waals surface area contributed by atoms with Gasteiger partial charge >= 0.3 is 0 Å². The molecule has 1 aliphatic heterocycles. The standard InChI is InChI=1S/C11H19NO/c1-3-7-12-8-4-5-10(2)11(12)6-9-13/h1,10-11,13H,4-9H2,2H3. The summed E-state index contributed by atoms with van der Waals surface area (Å²) >= 11 is 0. The Morgan fingerprint density at radius 2 is 2.38 bits per heavy atom. The van der Waals surface area contributed by atoms with Gasteiger partial charge in [0.05, 0.1) is 6.54 Å². The molecule has 1 heterocycles. The normalized spacial score (nSPS) is 29.9. The van der Waals surface area contributed by atoms with Crippen molar-refractivity contribution >= 4 is 0 Å². The highest BCUT2D eigenvalue weighted by Crippen LogP contribution is 2.24. The monoisotopic (exact) mass is 181 g/mol. The van der Waals surface area contributed by atoms with E-state index < -0.39 is 0 Å². The Labute approximate surface area is 80.9 Å². The second kappa shape index (κ2) is 5.26. The summed E-state index contributed by atoms with van der Waals surface area (Å²) in [5.74, 6) is 3.37. The maximum Gasteiger partial charge on any atom is 0.0601 e. The van der Waals surface area contributed by atoms with Crippen molar-refractivity contribution in [2.24, 2.45) is 5.92 Å². The van der Waals surface area contributed by atoms with Gasteiger partial charge in [-0.2, -0.15) is 0 Å². The third kappa shape index (κ3) is 2.72. The molecule has 2 heteroatoms. The summed E-state index contributed by atoms with van der Waals surface area (Å²) in [5, 5.41) is 8.94. The number of piperidine rings is 1. The number of aliphatic hydroxyl groups is 1. The van der Waals surface area contributed by atoms with E-state index in [0.29, 0.717) is 12.0 Å². The van der Waals surface area contributed by atoms with E-state index in [1.165, 1.54) is 12.8 Å². The summed E-state index contributed by atoms with van der Waals surface area (Å²) < 4.78 is 0. The van der Waals surface area contributed by atoms with Gasteiger partial charge in [-0.15, -0.1) is 6.42 Å². The lowest BCUT2D eigenvalue weighted by Gasteiger charge is -2.38. The molecule has 13 heavy (non-hydrogen) atoms. The zero-order chi connectivity index (χ0) is 9.68. The van der Waals surface area contributed by atoms with Crippen molar-refractivity contribution in [1.29, 1.82) is 0 Å². The first-order valence-corrected chi connectivity index (χ1v) is 5.08. The van der Waals surface area contributed by atoms with E-state index in [4.69, 9.17) is 11.5 Å². The minimum atomic E-state index is 0.274. The Morgan fingerprint density at radius 3 is 3.00 bits per heavy atom. The van der Waals surface area contributed by atoms with Gasteiger partial charge in [0.2, 0.25) is 0 Å². The highest BCUT2D eigenvalue weighted by atomic mass is 16.3. The maximum atomic E-state index is 8.94. The summed E-state index contributed by atoms with van der Waals surface area (Å²) in [5.41, 5.74) is 0. The van der Waals surface area contributed by atoms with E-state index in [2.05, 4.69) is 17.7 Å². The fourth-order valence-electron chi connectivity index (χ4n) is 2.25. The summed E-state index contributed by atoms with van der Waals surface area (Å²) in [7, 11) is 0. The quantitative estimate of drug-likeness (QED) is 0.659. The van der Waals surface area contributed by atoms with E-state index in [1.54, 1.807) is 0 Å². The van der Waals surface area contributed by atoms with E-state index >= 15 is 0 Å². The molecule has 1 saturated heterocycles. The average molecular weight is 181 g/mol. The molecule has 1 aliphatic rings. The molecule has 0 amide bonds. The Balaban J connectivity index is 2.52. The van der Waals surface area contributed by atoms with Crippen LogP contribution >= 0.6 is 0 Å². The molecule has 1 fully saturated rings. The molecule has 2 nitrogen and oxygen atoms in total. The molecule has 0 radical (unpaired) electrons. The van der Waals surface area contributed by atoms with Crippen molar-refractivity contribution in [2.45, 2.75) is 32.2 Å². The molecule has 0 aromatic rings. The number of likely N-dealkylation sites (tertiary alicyclic amines) is 1. The number of rotatable bonds is 3. The van der Waals surface area contributed by atoms with Crippen LogP contribution in [0.25, 0.3) is 0 Å². The van der Waals surface area contributed by atoms with Crippen LogP contribution in [0.15, 0.2) is 0 Å². The van der Waals surface area contributed by atoms with Crippen molar-refractivity contribution in [3.8, 4) is 12.3 Å². The van der Waals surface area contributed by atoms with Crippen molar-refractivity contribution in [1.82, 2.24) is 4.90 Å². The van der Waals surface area contributed by atoms with Crippen LogP contribution in [0.2, 0.25) is 0 Å². The Bertz CT molecular complexity index is 185. The van der Waals surface area contributed by atoms with Crippen LogP contribution in [0.1, 0.15) is 26.2 Å². The van der Waals surface area contributed by atoms with Crippen LogP contribution < -0.4 is 0 Å². The largest absolute Gasteiger partial charge is 0.396 e. The van der Waals surface area contributed by atoms with Gasteiger partial charge in [0.1, 0.15) is 0 Å². The van der Waals surface area contributed by atoms with Crippen molar-refractivity contribution in [3.05, 3.63) is 0 Å².